The molecular formula is C37H67P3. The molecular weight excluding hydrogens is 537 g/mol. The Morgan fingerprint density at radius 1 is 0.225 bits per heavy atom. The fraction of sp³-hybridized carbons (Fsp3) is 1.00. The lowest BCUT2D eigenvalue weighted by molar-refractivity contribution is 0.475. The summed E-state index contributed by atoms with van der Waals surface area (Å²) in [6.45, 7) is 0. The Kier molecular flexibility index (Phi) is 12.9. The van der Waals surface area contributed by atoms with Crippen LogP contribution < -0.4 is 0 Å². The second-order valence-electron chi connectivity index (χ2n) is 15.4. The van der Waals surface area contributed by atoms with Crippen molar-refractivity contribution in [2.75, 3.05) is 0 Å². The van der Waals surface area contributed by atoms with E-state index in [2.05, 4.69) is 0 Å². The van der Waals surface area contributed by atoms with Gasteiger partial charge in [-0.2, -0.15) is 0 Å². The first kappa shape index (κ1) is 31.3. The molecule has 0 amide bonds. The van der Waals surface area contributed by atoms with Gasteiger partial charge in [0.1, 0.15) is 0 Å². The molecule has 0 atom stereocenters. The zero-order chi connectivity index (χ0) is 27.0. The van der Waals surface area contributed by atoms with Crippen molar-refractivity contribution < 1.29 is 0 Å². The topological polar surface area (TPSA) is 0 Å². The summed E-state index contributed by atoms with van der Waals surface area (Å²) in [7, 11) is 0.658. The number of rotatable bonds is 9. The van der Waals surface area contributed by atoms with Gasteiger partial charge in [0, 0.05) is 5.14 Å². The van der Waals surface area contributed by atoms with Gasteiger partial charge in [-0.15, -0.1) is 0 Å². The van der Waals surface area contributed by atoms with Crippen LogP contribution in [0.3, 0.4) is 0 Å². The van der Waals surface area contributed by atoms with Crippen molar-refractivity contribution in [1.29, 1.82) is 0 Å². The third-order valence-corrected chi connectivity index (χ3v) is 27.3. The molecule has 0 spiro atoms. The summed E-state index contributed by atoms with van der Waals surface area (Å²) < 4.78 is 0. The van der Waals surface area contributed by atoms with E-state index in [4.69, 9.17) is 0 Å². The van der Waals surface area contributed by atoms with Crippen molar-refractivity contribution in [1.82, 2.24) is 0 Å². The number of hydrogen-bond donors (Lipinski definition) is 0. The quantitative estimate of drug-likeness (QED) is 0.230. The molecule has 6 aliphatic carbocycles. The minimum atomic E-state index is 0.219. The van der Waals surface area contributed by atoms with Gasteiger partial charge in [0.2, 0.25) is 0 Å². The molecule has 6 fully saturated rings. The van der Waals surface area contributed by atoms with Crippen molar-refractivity contribution in [2.45, 2.75) is 232 Å². The Balaban J connectivity index is 1.45. The van der Waals surface area contributed by atoms with Gasteiger partial charge in [0.05, 0.1) is 0 Å². The fourth-order valence-electron chi connectivity index (χ4n) is 10.8. The molecule has 6 saturated carbocycles. The molecule has 3 heteroatoms. The summed E-state index contributed by atoms with van der Waals surface area (Å²) in [6, 6.07) is 0. The van der Waals surface area contributed by atoms with Gasteiger partial charge in [-0.3, -0.25) is 0 Å². The highest BCUT2D eigenvalue weighted by atomic mass is 31.2. The van der Waals surface area contributed by atoms with Crippen molar-refractivity contribution >= 4 is 23.8 Å². The van der Waals surface area contributed by atoms with E-state index in [1.165, 1.54) is 39.1 Å². The highest BCUT2D eigenvalue weighted by Gasteiger charge is 2.51. The smallest absolute Gasteiger partial charge is 0.0209 e. The molecule has 6 aliphatic rings. The SMILES string of the molecule is C1CCC(P(C2CCCCC2)C(P(C2CCCCC2)C2CCCCC2)P(C2CCCCC2)C2CCCCC2)CC1. The van der Waals surface area contributed by atoms with Gasteiger partial charge < -0.3 is 0 Å². The van der Waals surface area contributed by atoms with Gasteiger partial charge in [0.15, 0.2) is 0 Å². The molecule has 6 rings (SSSR count). The van der Waals surface area contributed by atoms with E-state index in [-0.39, 0.29) is 23.8 Å². The molecule has 0 bridgehead atoms. The van der Waals surface area contributed by atoms with Crippen LogP contribution in [0.2, 0.25) is 0 Å². The molecule has 0 saturated heterocycles. The molecule has 230 valence electrons. The van der Waals surface area contributed by atoms with E-state index in [9.17, 15) is 0 Å². The van der Waals surface area contributed by atoms with Crippen molar-refractivity contribution in [3.8, 4) is 0 Å². The predicted octanol–water partition coefficient (Wildman–Crippen LogP) is 13.7. The number of hydrogen-bond acceptors (Lipinski definition) is 0. The molecule has 40 heavy (non-hydrogen) atoms. The van der Waals surface area contributed by atoms with Crippen LogP contribution in [0.25, 0.3) is 0 Å². The molecule has 0 nitrogen and oxygen atoms in total. The zero-order valence-electron chi connectivity index (χ0n) is 26.6. The normalized spacial score (nSPS) is 28.8. The van der Waals surface area contributed by atoms with Crippen LogP contribution in [0.5, 0.6) is 0 Å². The third kappa shape index (κ3) is 7.92. The van der Waals surface area contributed by atoms with E-state index < -0.39 is 0 Å². The van der Waals surface area contributed by atoms with Crippen LogP contribution in [0.15, 0.2) is 0 Å². The van der Waals surface area contributed by atoms with Crippen LogP contribution in [0.4, 0.5) is 0 Å². The first-order chi connectivity index (χ1) is 19.9. The van der Waals surface area contributed by atoms with E-state index in [1.54, 1.807) is 193 Å². The molecule has 0 unspecified atom stereocenters. The Morgan fingerprint density at radius 2 is 0.375 bits per heavy atom. The lowest BCUT2D eigenvalue weighted by Crippen LogP contribution is -2.35. The lowest BCUT2D eigenvalue weighted by Gasteiger charge is -2.57. The van der Waals surface area contributed by atoms with E-state index in [0.717, 1.165) is 0 Å². The minimum absolute atomic E-state index is 0.219. The molecule has 0 aromatic rings. The van der Waals surface area contributed by atoms with Gasteiger partial charge in [0.25, 0.3) is 0 Å². The van der Waals surface area contributed by atoms with E-state index >= 15 is 0 Å². The van der Waals surface area contributed by atoms with E-state index in [0.29, 0.717) is 0 Å². The van der Waals surface area contributed by atoms with Gasteiger partial charge >= 0.3 is 0 Å². The maximum absolute atomic E-state index is 1.66. The Hall–Kier alpha value is 1.29. The first-order valence-corrected chi connectivity index (χ1v) is 23.9. The Labute approximate surface area is 254 Å². The molecule has 0 radical (unpaired) electrons. The maximum Gasteiger partial charge on any atom is 0.0209 e. The molecule has 0 aliphatic heterocycles. The largest absolute Gasteiger partial charge is 0.0882 e. The highest BCUT2D eigenvalue weighted by molar-refractivity contribution is 7.92. The molecule has 0 aromatic carbocycles. The molecule has 0 N–H and O–H groups in total. The van der Waals surface area contributed by atoms with Gasteiger partial charge in [-0.05, 0) is 111 Å². The summed E-state index contributed by atoms with van der Waals surface area (Å²) in [5, 5.41) is 1.29. The van der Waals surface area contributed by atoms with Gasteiger partial charge in [-0.25, -0.2) is 0 Å². The van der Waals surface area contributed by atoms with Crippen LogP contribution in [0.1, 0.15) is 193 Å². The van der Waals surface area contributed by atoms with Crippen molar-refractivity contribution in [3.63, 3.8) is 0 Å². The van der Waals surface area contributed by atoms with Crippen LogP contribution in [-0.2, 0) is 0 Å². The van der Waals surface area contributed by atoms with Gasteiger partial charge in [-0.1, -0.05) is 139 Å². The van der Waals surface area contributed by atoms with Crippen LogP contribution in [-0.4, -0.2) is 39.1 Å². The van der Waals surface area contributed by atoms with Crippen LogP contribution >= 0.6 is 23.8 Å². The predicted molar refractivity (Wildman–Crippen MR) is 186 cm³/mol. The molecule has 0 heterocycles. The molecule has 0 aromatic heterocycles. The zero-order valence-corrected chi connectivity index (χ0v) is 29.3. The minimum Gasteiger partial charge on any atom is -0.0882 e. The summed E-state index contributed by atoms with van der Waals surface area (Å²) in [5.41, 5.74) is 7.12. The highest BCUT2D eigenvalue weighted by Crippen LogP contribution is 2.83. The second kappa shape index (κ2) is 16.6. The first-order valence-electron chi connectivity index (χ1n) is 19.2. The van der Waals surface area contributed by atoms with Crippen LogP contribution in [0, 0.1) is 0 Å². The lowest BCUT2D eigenvalue weighted by atomic mass is 9.99. The Bertz CT molecular complexity index is 539. The second-order valence-corrected chi connectivity index (χ2v) is 25.3. The maximum atomic E-state index is 1.66. The van der Waals surface area contributed by atoms with Crippen molar-refractivity contribution in [2.24, 2.45) is 0 Å². The van der Waals surface area contributed by atoms with E-state index in [1.807, 2.05) is 0 Å². The average molecular weight is 605 g/mol. The summed E-state index contributed by atoms with van der Waals surface area (Å²) in [5.74, 6) is 0. The average Bonchev–Trinajstić information content (AvgIpc) is 3.04. The summed E-state index contributed by atoms with van der Waals surface area (Å²) in [6.07, 6.45) is 48.5. The third-order valence-electron chi connectivity index (χ3n) is 12.8. The Morgan fingerprint density at radius 3 is 0.525 bits per heavy atom. The fourth-order valence-corrected chi connectivity index (χ4v) is 31.1. The summed E-state index contributed by atoms with van der Waals surface area (Å²) in [4.78, 5) is 0. The monoisotopic (exact) mass is 604 g/mol. The van der Waals surface area contributed by atoms with Crippen molar-refractivity contribution in [3.05, 3.63) is 0 Å². The standard InChI is InChI=1S/C37H67P3/c1-7-19-31(20-8-1)38(32-21-9-2-10-22-32)37(39(33-23-11-3-12-24-33)34-25-13-4-14-26-34)40(35-27-15-5-16-28-35)36-29-17-6-18-30-36/h31-37H,1-30H2. The summed E-state index contributed by atoms with van der Waals surface area (Å²) >= 11 is 0.